The molecule has 1 heterocycles. The lowest BCUT2D eigenvalue weighted by molar-refractivity contribution is 0.302. The van der Waals surface area contributed by atoms with Crippen LogP contribution in [-0.4, -0.2) is 9.97 Å². The first-order valence-electron chi connectivity index (χ1n) is 7.87. The molecule has 1 aliphatic rings. The molecule has 1 aliphatic carbocycles. The fraction of sp³-hybridized carbons (Fsp3) is 0.750. The van der Waals surface area contributed by atoms with Crippen LogP contribution in [0.15, 0.2) is 0 Å². The zero-order valence-corrected chi connectivity index (χ0v) is 14.0. The lowest BCUT2D eigenvalue weighted by Gasteiger charge is -2.27. The average molecular weight is 315 g/mol. The molecule has 0 spiro atoms. The second kappa shape index (κ2) is 7.61. The third kappa shape index (κ3) is 3.85. The van der Waals surface area contributed by atoms with Crippen LogP contribution in [0.4, 0.5) is 0 Å². The summed E-state index contributed by atoms with van der Waals surface area (Å²) in [5.74, 6) is 2.19. The van der Waals surface area contributed by atoms with Gasteiger partial charge in [-0.25, -0.2) is 9.97 Å². The molecule has 112 valence electrons. The Morgan fingerprint density at radius 1 is 0.950 bits per heavy atom. The standard InChI is InChI=1S/C16H24Cl2N2/c1-3-5-11-7-9-12(10-8-11)16-19-14(17)13(6-4-2)15(18)20-16/h11-12H,3-10H2,1-2H3. The number of hydrogen-bond donors (Lipinski definition) is 0. The molecule has 0 aromatic carbocycles. The predicted molar refractivity (Wildman–Crippen MR) is 85.7 cm³/mol. The quantitative estimate of drug-likeness (QED) is 0.641. The molecule has 1 fully saturated rings. The molecule has 0 unspecified atom stereocenters. The molecule has 2 rings (SSSR count). The van der Waals surface area contributed by atoms with E-state index in [0.717, 1.165) is 30.1 Å². The number of nitrogens with zero attached hydrogens (tertiary/aromatic N) is 2. The van der Waals surface area contributed by atoms with E-state index in [-0.39, 0.29) is 0 Å². The van der Waals surface area contributed by atoms with Crippen molar-refractivity contribution < 1.29 is 0 Å². The van der Waals surface area contributed by atoms with E-state index in [4.69, 9.17) is 23.2 Å². The Labute approximate surface area is 132 Å². The number of hydrogen-bond acceptors (Lipinski definition) is 2. The van der Waals surface area contributed by atoms with Gasteiger partial charge in [0.15, 0.2) is 0 Å². The Morgan fingerprint density at radius 2 is 1.55 bits per heavy atom. The zero-order valence-electron chi connectivity index (χ0n) is 12.5. The highest BCUT2D eigenvalue weighted by Gasteiger charge is 2.25. The highest BCUT2D eigenvalue weighted by atomic mass is 35.5. The van der Waals surface area contributed by atoms with Crippen molar-refractivity contribution in [3.63, 3.8) is 0 Å². The minimum Gasteiger partial charge on any atom is -0.221 e. The average Bonchev–Trinajstić information content (AvgIpc) is 2.44. The van der Waals surface area contributed by atoms with Gasteiger partial charge < -0.3 is 0 Å². The molecule has 0 N–H and O–H groups in total. The smallest absolute Gasteiger partial charge is 0.137 e. The van der Waals surface area contributed by atoms with Crippen molar-refractivity contribution in [1.82, 2.24) is 9.97 Å². The fourth-order valence-electron chi connectivity index (χ4n) is 3.20. The summed E-state index contributed by atoms with van der Waals surface area (Å²) in [5, 5.41) is 1.11. The summed E-state index contributed by atoms with van der Waals surface area (Å²) in [5.41, 5.74) is 0.902. The Kier molecular flexibility index (Phi) is 6.10. The highest BCUT2D eigenvalue weighted by molar-refractivity contribution is 6.34. The molecule has 1 aromatic heterocycles. The summed E-state index contributed by atoms with van der Waals surface area (Å²) < 4.78 is 0. The van der Waals surface area contributed by atoms with Crippen LogP contribution in [0.1, 0.15) is 76.1 Å². The minimum atomic E-state index is 0.439. The first-order valence-corrected chi connectivity index (χ1v) is 8.63. The Balaban J connectivity index is 2.07. The van der Waals surface area contributed by atoms with Gasteiger partial charge in [-0.2, -0.15) is 0 Å². The van der Waals surface area contributed by atoms with Gasteiger partial charge in [0, 0.05) is 11.5 Å². The summed E-state index contributed by atoms with van der Waals surface area (Å²) in [7, 11) is 0. The van der Waals surface area contributed by atoms with Gasteiger partial charge >= 0.3 is 0 Å². The molecule has 0 saturated heterocycles. The van der Waals surface area contributed by atoms with Gasteiger partial charge in [0.2, 0.25) is 0 Å². The Bertz CT molecular complexity index is 417. The van der Waals surface area contributed by atoms with Crippen LogP contribution >= 0.6 is 23.2 Å². The van der Waals surface area contributed by atoms with Crippen LogP contribution in [0, 0.1) is 5.92 Å². The number of rotatable bonds is 5. The van der Waals surface area contributed by atoms with Crippen LogP contribution in [0.2, 0.25) is 10.3 Å². The maximum Gasteiger partial charge on any atom is 0.137 e. The van der Waals surface area contributed by atoms with Crippen LogP contribution in [-0.2, 0) is 6.42 Å². The lowest BCUT2D eigenvalue weighted by Crippen LogP contribution is -2.16. The van der Waals surface area contributed by atoms with Crippen molar-refractivity contribution in [3.8, 4) is 0 Å². The van der Waals surface area contributed by atoms with Crippen LogP contribution < -0.4 is 0 Å². The maximum atomic E-state index is 6.28. The molecular weight excluding hydrogens is 291 g/mol. The monoisotopic (exact) mass is 314 g/mol. The largest absolute Gasteiger partial charge is 0.221 e. The summed E-state index contributed by atoms with van der Waals surface area (Å²) in [6.07, 6.45) is 9.40. The van der Waals surface area contributed by atoms with E-state index >= 15 is 0 Å². The van der Waals surface area contributed by atoms with Gasteiger partial charge in [-0.1, -0.05) is 56.3 Å². The maximum absolute atomic E-state index is 6.28. The molecule has 4 heteroatoms. The molecule has 0 amide bonds. The minimum absolute atomic E-state index is 0.439. The topological polar surface area (TPSA) is 25.8 Å². The third-order valence-corrected chi connectivity index (χ3v) is 4.96. The number of halogens is 2. The molecule has 20 heavy (non-hydrogen) atoms. The van der Waals surface area contributed by atoms with E-state index in [1.165, 1.54) is 38.5 Å². The van der Waals surface area contributed by atoms with Crippen LogP contribution in [0.5, 0.6) is 0 Å². The second-order valence-electron chi connectivity index (χ2n) is 5.90. The summed E-state index contributed by atoms with van der Waals surface area (Å²) in [6, 6.07) is 0. The van der Waals surface area contributed by atoms with Gasteiger partial charge in [0.25, 0.3) is 0 Å². The molecule has 0 bridgehead atoms. The van der Waals surface area contributed by atoms with Crippen LogP contribution in [0.25, 0.3) is 0 Å². The van der Waals surface area contributed by atoms with E-state index < -0.39 is 0 Å². The fourth-order valence-corrected chi connectivity index (χ4v) is 3.79. The number of aromatic nitrogens is 2. The summed E-state index contributed by atoms with van der Waals surface area (Å²) >= 11 is 12.6. The van der Waals surface area contributed by atoms with Crippen molar-refractivity contribution in [3.05, 3.63) is 21.7 Å². The van der Waals surface area contributed by atoms with Crippen molar-refractivity contribution in [2.75, 3.05) is 0 Å². The van der Waals surface area contributed by atoms with E-state index in [2.05, 4.69) is 23.8 Å². The van der Waals surface area contributed by atoms with Gasteiger partial charge in [-0.05, 0) is 38.0 Å². The first-order chi connectivity index (χ1) is 9.65. The molecule has 2 nitrogen and oxygen atoms in total. The van der Waals surface area contributed by atoms with Crippen LogP contribution in [0.3, 0.4) is 0 Å². The molecular formula is C16H24Cl2N2. The summed E-state index contributed by atoms with van der Waals surface area (Å²) in [6.45, 7) is 4.37. The summed E-state index contributed by atoms with van der Waals surface area (Å²) in [4.78, 5) is 9.03. The van der Waals surface area contributed by atoms with E-state index in [0.29, 0.717) is 16.2 Å². The van der Waals surface area contributed by atoms with Gasteiger partial charge in [0.05, 0.1) is 0 Å². The van der Waals surface area contributed by atoms with Crippen molar-refractivity contribution in [1.29, 1.82) is 0 Å². The predicted octanol–water partition coefficient (Wildman–Crippen LogP) is 5.81. The molecule has 0 radical (unpaired) electrons. The molecule has 1 aromatic rings. The van der Waals surface area contributed by atoms with Gasteiger partial charge in [0.1, 0.15) is 16.1 Å². The van der Waals surface area contributed by atoms with E-state index in [9.17, 15) is 0 Å². The highest BCUT2D eigenvalue weighted by Crippen LogP contribution is 2.37. The lowest BCUT2D eigenvalue weighted by atomic mass is 9.80. The SMILES string of the molecule is CCCc1c(Cl)nc(C2CCC(CCC)CC2)nc1Cl. The van der Waals surface area contributed by atoms with E-state index in [1.807, 2.05) is 0 Å². The molecule has 1 saturated carbocycles. The zero-order chi connectivity index (χ0) is 14.5. The third-order valence-electron chi connectivity index (χ3n) is 4.33. The molecule has 0 aliphatic heterocycles. The van der Waals surface area contributed by atoms with Crippen molar-refractivity contribution in [2.45, 2.75) is 71.1 Å². The van der Waals surface area contributed by atoms with Gasteiger partial charge in [-0.15, -0.1) is 0 Å². The second-order valence-corrected chi connectivity index (χ2v) is 6.61. The first kappa shape index (κ1) is 16.0. The Morgan fingerprint density at radius 3 is 2.05 bits per heavy atom. The van der Waals surface area contributed by atoms with Gasteiger partial charge in [-0.3, -0.25) is 0 Å². The van der Waals surface area contributed by atoms with Crippen molar-refractivity contribution in [2.24, 2.45) is 5.92 Å². The Hall–Kier alpha value is -0.340. The van der Waals surface area contributed by atoms with E-state index in [1.54, 1.807) is 0 Å². The molecule has 0 atom stereocenters. The van der Waals surface area contributed by atoms with Crippen molar-refractivity contribution >= 4 is 23.2 Å². The normalized spacial score (nSPS) is 23.0.